The summed E-state index contributed by atoms with van der Waals surface area (Å²) in [5.74, 6) is 0.529. The molecule has 1 aliphatic heterocycles. The lowest BCUT2D eigenvalue weighted by Gasteiger charge is -2.28. The average Bonchev–Trinajstić information content (AvgIpc) is 2.42. The van der Waals surface area contributed by atoms with E-state index >= 15 is 0 Å². The first-order valence-electron chi connectivity index (χ1n) is 6.51. The predicted molar refractivity (Wildman–Crippen MR) is 82.1 cm³/mol. The van der Waals surface area contributed by atoms with E-state index in [1.165, 1.54) is 6.07 Å². The van der Waals surface area contributed by atoms with Gasteiger partial charge in [0.1, 0.15) is 17.0 Å². The number of hydrogen-bond donors (Lipinski definition) is 2. The van der Waals surface area contributed by atoms with E-state index in [1.54, 1.807) is 6.07 Å². The van der Waals surface area contributed by atoms with Crippen LogP contribution in [0.25, 0.3) is 6.08 Å². The maximum atomic E-state index is 11.2. The van der Waals surface area contributed by atoms with E-state index in [0.717, 1.165) is 5.56 Å². The maximum absolute atomic E-state index is 11.2. The zero-order valence-electron chi connectivity index (χ0n) is 11.8. The molecule has 21 heavy (non-hydrogen) atoms. The molecule has 2 rings (SSSR count). The number of nitro groups is 1. The van der Waals surface area contributed by atoms with Gasteiger partial charge in [0.15, 0.2) is 0 Å². The van der Waals surface area contributed by atoms with Crippen molar-refractivity contribution in [1.29, 1.82) is 0 Å². The van der Waals surface area contributed by atoms with E-state index in [9.17, 15) is 15.2 Å². The van der Waals surface area contributed by atoms with Gasteiger partial charge in [-0.15, -0.1) is 11.6 Å². The number of anilines is 1. The Morgan fingerprint density at radius 2 is 2.24 bits per heavy atom. The van der Waals surface area contributed by atoms with Gasteiger partial charge in [0.25, 0.3) is 5.69 Å². The Kier molecular flexibility index (Phi) is 4.39. The number of aliphatic hydroxyl groups is 1. The highest BCUT2D eigenvalue weighted by atomic mass is 35.5. The van der Waals surface area contributed by atoms with Gasteiger partial charge in [0.2, 0.25) is 0 Å². The molecule has 6 nitrogen and oxygen atoms in total. The van der Waals surface area contributed by atoms with Crippen molar-refractivity contribution in [1.82, 2.24) is 0 Å². The summed E-state index contributed by atoms with van der Waals surface area (Å²) in [6.07, 6.45) is 2.98. The van der Waals surface area contributed by atoms with E-state index < -0.39 is 16.6 Å². The van der Waals surface area contributed by atoms with Crippen LogP contribution in [0.3, 0.4) is 0 Å². The minimum Gasteiger partial charge on any atom is -0.483 e. The largest absolute Gasteiger partial charge is 0.483 e. The Labute approximate surface area is 127 Å². The van der Waals surface area contributed by atoms with E-state index in [1.807, 2.05) is 26.0 Å². The fourth-order valence-electron chi connectivity index (χ4n) is 1.99. The molecule has 0 fully saturated rings. The Balaban J connectivity index is 2.35. The number of ether oxygens (including phenoxy) is 1. The molecule has 0 saturated carbocycles. The van der Waals surface area contributed by atoms with E-state index in [2.05, 4.69) is 5.32 Å². The van der Waals surface area contributed by atoms with Gasteiger partial charge in [0, 0.05) is 12.1 Å². The van der Waals surface area contributed by atoms with Crippen molar-refractivity contribution in [2.24, 2.45) is 0 Å². The molecule has 1 atom stereocenters. The van der Waals surface area contributed by atoms with Crippen molar-refractivity contribution in [3.05, 3.63) is 33.9 Å². The summed E-state index contributed by atoms with van der Waals surface area (Å²) in [5.41, 5.74) is 0.491. The van der Waals surface area contributed by atoms with Crippen LogP contribution in [-0.4, -0.2) is 34.2 Å². The SMILES string of the molecule is CC1(C)C=Cc2cc(NCC(O)CCl)c([N+](=O)[O-])cc2O1. The van der Waals surface area contributed by atoms with E-state index in [0.29, 0.717) is 11.4 Å². The quantitative estimate of drug-likeness (QED) is 0.496. The zero-order chi connectivity index (χ0) is 15.6. The molecule has 7 heteroatoms. The van der Waals surface area contributed by atoms with Gasteiger partial charge in [-0.1, -0.05) is 6.08 Å². The third-order valence-corrected chi connectivity index (χ3v) is 3.42. The minimum absolute atomic E-state index is 0.0585. The first-order valence-corrected chi connectivity index (χ1v) is 7.04. The van der Waals surface area contributed by atoms with Crippen LogP contribution in [0.4, 0.5) is 11.4 Å². The average molecular weight is 313 g/mol. The maximum Gasteiger partial charge on any atom is 0.296 e. The molecule has 1 aromatic carbocycles. The van der Waals surface area contributed by atoms with Crippen molar-refractivity contribution in [3.63, 3.8) is 0 Å². The summed E-state index contributed by atoms with van der Waals surface area (Å²) < 4.78 is 5.72. The van der Waals surface area contributed by atoms with Crippen molar-refractivity contribution in [2.75, 3.05) is 17.7 Å². The Bertz CT molecular complexity index is 587. The highest BCUT2D eigenvalue weighted by Crippen LogP contribution is 2.38. The van der Waals surface area contributed by atoms with Crippen molar-refractivity contribution >= 4 is 29.1 Å². The molecule has 114 valence electrons. The molecule has 0 aromatic heterocycles. The molecule has 1 unspecified atom stereocenters. The van der Waals surface area contributed by atoms with Crippen LogP contribution in [0.5, 0.6) is 5.75 Å². The Hall–Kier alpha value is -1.79. The van der Waals surface area contributed by atoms with Crippen LogP contribution < -0.4 is 10.1 Å². The molecular weight excluding hydrogens is 296 g/mol. The fraction of sp³-hybridized carbons (Fsp3) is 0.429. The number of fused-ring (bicyclic) bond motifs is 1. The highest BCUT2D eigenvalue weighted by molar-refractivity contribution is 6.18. The molecule has 1 heterocycles. The molecule has 2 N–H and O–H groups in total. The zero-order valence-corrected chi connectivity index (χ0v) is 12.6. The van der Waals surface area contributed by atoms with Crippen molar-refractivity contribution < 1.29 is 14.8 Å². The van der Waals surface area contributed by atoms with Crippen molar-refractivity contribution in [3.8, 4) is 5.75 Å². The molecule has 0 saturated heterocycles. The Morgan fingerprint density at radius 1 is 1.52 bits per heavy atom. The first kappa shape index (κ1) is 15.6. The number of nitro benzene ring substituents is 1. The molecule has 0 aliphatic carbocycles. The normalized spacial score (nSPS) is 16.8. The summed E-state index contributed by atoms with van der Waals surface area (Å²) in [6.45, 7) is 3.89. The molecule has 1 aromatic rings. The van der Waals surface area contributed by atoms with Gasteiger partial charge in [0.05, 0.1) is 23.0 Å². The van der Waals surface area contributed by atoms with Gasteiger partial charge >= 0.3 is 0 Å². The molecule has 0 amide bonds. The smallest absolute Gasteiger partial charge is 0.296 e. The number of hydrogen-bond acceptors (Lipinski definition) is 5. The number of benzene rings is 1. The van der Waals surface area contributed by atoms with Gasteiger partial charge in [-0.25, -0.2) is 0 Å². The van der Waals surface area contributed by atoms with Crippen LogP contribution >= 0.6 is 11.6 Å². The second-order valence-electron chi connectivity index (χ2n) is 5.39. The molecule has 0 bridgehead atoms. The van der Waals surface area contributed by atoms with Crippen LogP contribution in [0.2, 0.25) is 0 Å². The van der Waals surface area contributed by atoms with Gasteiger partial charge in [-0.05, 0) is 26.0 Å². The second kappa shape index (κ2) is 5.91. The Morgan fingerprint density at radius 3 is 2.86 bits per heavy atom. The van der Waals surface area contributed by atoms with Crippen LogP contribution in [0, 0.1) is 10.1 Å². The summed E-state index contributed by atoms with van der Waals surface area (Å²) in [7, 11) is 0. The first-order chi connectivity index (χ1) is 9.82. The minimum atomic E-state index is -0.770. The molecule has 1 aliphatic rings. The van der Waals surface area contributed by atoms with Gasteiger partial charge in [-0.3, -0.25) is 10.1 Å². The summed E-state index contributed by atoms with van der Waals surface area (Å²) in [4.78, 5) is 10.7. The topological polar surface area (TPSA) is 84.6 Å². The van der Waals surface area contributed by atoms with Crippen molar-refractivity contribution in [2.45, 2.75) is 25.6 Å². The summed E-state index contributed by atoms with van der Waals surface area (Å²) in [6, 6.07) is 3.04. The number of nitrogens with zero attached hydrogens (tertiary/aromatic N) is 1. The molecule has 0 spiro atoms. The number of aliphatic hydroxyl groups excluding tert-OH is 1. The van der Waals surface area contributed by atoms with Gasteiger partial charge < -0.3 is 15.2 Å². The third kappa shape index (κ3) is 3.65. The molecule has 0 radical (unpaired) electrons. The predicted octanol–water partition coefficient (Wildman–Crippen LogP) is 2.79. The lowest BCUT2D eigenvalue weighted by atomic mass is 10.0. The van der Waals surface area contributed by atoms with Crippen LogP contribution in [0.15, 0.2) is 18.2 Å². The third-order valence-electron chi connectivity index (χ3n) is 3.07. The lowest BCUT2D eigenvalue weighted by Crippen LogP contribution is -2.27. The summed E-state index contributed by atoms with van der Waals surface area (Å²) >= 11 is 5.51. The summed E-state index contributed by atoms with van der Waals surface area (Å²) in [5, 5.41) is 23.5. The molecular formula is C14H17ClN2O4. The number of halogens is 1. The van der Waals surface area contributed by atoms with E-state index in [4.69, 9.17) is 16.3 Å². The van der Waals surface area contributed by atoms with Crippen LogP contribution in [0.1, 0.15) is 19.4 Å². The van der Waals surface area contributed by atoms with Gasteiger partial charge in [-0.2, -0.15) is 0 Å². The second-order valence-corrected chi connectivity index (χ2v) is 5.70. The number of rotatable bonds is 5. The number of nitrogens with one attached hydrogen (secondary N) is 1. The highest BCUT2D eigenvalue weighted by Gasteiger charge is 2.26. The standard InChI is InChI=1S/C14H17ClN2O4/c1-14(2)4-3-9-5-11(16-8-10(18)7-15)12(17(19)20)6-13(9)21-14/h3-6,10,16,18H,7-8H2,1-2H3. The monoisotopic (exact) mass is 312 g/mol. The van der Waals surface area contributed by atoms with Crippen LogP contribution in [-0.2, 0) is 0 Å². The fourth-order valence-corrected chi connectivity index (χ4v) is 2.10. The van der Waals surface area contributed by atoms with E-state index in [-0.39, 0.29) is 18.1 Å². The lowest BCUT2D eigenvalue weighted by molar-refractivity contribution is -0.384. The number of alkyl halides is 1.